The van der Waals surface area contributed by atoms with Crippen LogP contribution in [-0.2, 0) is 5.41 Å². The Balaban J connectivity index is 1.68. The van der Waals surface area contributed by atoms with E-state index in [2.05, 4.69) is 84.9 Å². The molecule has 0 atom stereocenters. The average Bonchev–Trinajstić information content (AvgIpc) is 3.19. The van der Waals surface area contributed by atoms with Crippen LogP contribution in [-0.4, -0.2) is 10.2 Å². The fourth-order valence-electron chi connectivity index (χ4n) is 6.06. The minimum absolute atomic E-state index is 0.265. The summed E-state index contributed by atoms with van der Waals surface area (Å²) in [5.74, 6) is 0.534. The molecular weight excluding hydrogens is 428 g/mol. The van der Waals surface area contributed by atoms with E-state index < -0.39 is 5.41 Å². The van der Waals surface area contributed by atoms with E-state index in [-0.39, 0.29) is 11.5 Å². The molecule has 2 nitrogen and oxygen atoms in total. The lowest BCUT2D eigenvalue weighted by Gasteiger charge is -2.35. The van der Waals surface area contributed by atoms with Crippen LogP contribution in [0.2, 0.25) is 0 Å². The molecule has 6 aromatic rings. The highest BCUT2D eigenvalue weighted by Gasteiger charge is 2.46. The third-order valence-electron chi connectivity index (χ3n) is 7.48. The number of phenols is 2. The van der Waals surface area contributed by atoms with Crippen molar-refractivity contribution >= 4 is 21.5 Å². The van der Waals surface area contributed by atoms with E-state index in [1.165, 1.54) is 33.4 Å². The molecule has 0 aromatic heterocycles. The first-order chi connectivity index (χ1) is 17.2. The minimum Gasteiger partial charge on any atom is -0.508 e. The van der Waals surface area contributed by atoms with Gasteiger partial charge in [-0.3, -0.25) is 0 Å². The van der Waals surface area contributed by atoms with Gasteiger partial charge >= 0.3 is 0 Å². The van der Waals surface area contributed by atoms with Crippen LogP contribution in [0.4, 0.5) is 0 Å². The number of phenolic OH excluding ortho intramolecular Hbond substituents is 2. The third kappa shape index (κ3) is 2.71. The van der Waals surface area contributed by atoms with Gasteiger partial charge in [0.15, 0.2) is 0 Å². The molecule has 0 heterocycles. The summed E-state index contributed by atoms with van der Waals surface area (Å²) in [6, 6.07) is 41.5. The number of aromatic hydroxyl groups is 2. The number of benzene rings is 6. The van der Waals surface area contributed by atoms with Crippen LogP contribution in [0.5, 0.6) is 11.5 Å². The fourth-order valence-corrected chi connectivity index (χ4v) is 6.06. The Morgan fingerprint density at radius 1 is 0.429 bits per heavy atom. The molecule has 0 saturated heterocycles. The average molecular weight is 451 g/mol. The zero-order chi connectivity index (χ0) is 23.6. The summed E-state index contributed by atoms with van der Waals surface area (Å²) in [5.41, 5.74) is 6.81. The molecule has 0 amide bonds. The highest BCUT2D eigenvalue weighted by Crippen LogP contribution is 2.57. The molecule has 6 aromatic carbocycles. The van der Waals surface area contributed by atoms with Gasteiger partial charge in [0.05, 0.1) is 5.41 Å². The van der Waals surface area contributed by atoms with E-state index in [4.69, 9.17) is 0 Å². The minimum atomic E-state index is -0.532. The van der Waals surface area contributed by atoms with Crippen LogP contribution in [0.15, 0.2) is 121 Å². The Morgan fingerprint density at radius 3 is 1.74 bits per heavy atom. The van der Waals surface area contributed by atoms with Gasteiger partial charge in [0, 0.05) is 0 Å². The lowest BCUT2D eigenvalue weighted by molar-refractivity contribution is 0.475. The molecule has 166 valence electrons. The van der Waals surface area contributed by atoms with Crippen molar-refractivity contribution in [3.63, 3.8) is 0 Å². The van der Waals surface area contributed by atoms with Gasteiger partial charge in [-0.25, -0.2) is 0 Å². The van der Waals surface area contributed by atoms with E-state index in [0.29, 0.717) is 0 Å². The quantitative estimate of drug-likeness (QED) is 0.282. The summed E-state index contributed by atoms with van der Waals surface area (Å²) in [7, 11) is 0. The highest BCUT2D eigenvalue weighted by molar-refractivity contribution is 5.96. The van der Waals surface area contributed by atoms with Crippen molar-refractivity contribution in [3.05, 3.63) is 144 Å². The van der Waals surface area contributed by atoms with Gasteiger partial charge < -0.3 is 10.2 Å². The lowest BCUT2D eigenvalue weighted by atomic mass is 9.66. The maximum atomic E-state index is 10.2. The Morgan fingerprint density at radius 2 is 1.00 bits per heavy atom. The topological polar surface area (TPSA) is 40.5 Å². The second kappa shape index (κ2) is 7.22. The highest BCUT2D eigenvalue weighted by atomic mass is 16.3. The molecule has 0 fully saturated rings. The molecule has 0 radical (unpaired) electrons. The molecule has 0 aliphatic heterocycles. The number of hydrogen-bond donors (Lipinski definition) is 2. The summed E-state index contributed by atoms with van der Waals surface area (Å²) >= 11 is 0. The van der Waals surface area contributed by atoms with E-state index in [9.17, 15) is 10.2 Å². The van der Waals surface area contributed by atoms with Crippen molar-refractivity contribution < 1.29 is 10.2 Å². The first-order valence-corrected chi connectivity index (χ1v) is 11.8. The standard InChI is InChI=1S/C33H22O2/c34-25-15-13-21-18-24(14-12-22(21)19-25)33(30-11-5-6-23-20-26(35)16-17-27(23)30)31-9-3-1-7-28(31)29-8-2-4-10-32(29)33/h1-20,34-35H. The summed E-state index contributed by atoms with van der Waals surface area (Å²) < 4.78 is 0. The first kappa shape index (κ1) is 19.9. The summed E-state index contributed by atoms with van der Waals surface area (Å²) in [4.78, 5) is 0. The van der Waals surface area contributed by atoms with Crippen molar-refractivity contribution in [1.82, 2.24) is 0 Å². The molecule has 2 heteroatoms. The normalized spacial score (nSPS) is 13.6. The van der Waals surface area contributed by atoms with Gasteiger partial charge in [0.25, 0.3) is 0 Å². The van der Waals surface area contributed by atoms with Crippen molar-refractivity contribution in [2.45, 2.75) is 5.41 Å². The van der Waals surface area contributed by atoms with Gasteiger partial charge in [-0.15, -0.1) is 0 Å². The third-order valence-corrected chi connectivity index (χ3v) is 7.48. The zero-order valence-electron chi connectivity index (χ0n) is 18.9. The smallest absolute Gasteiger partial charge is 0.116 e. The SMILES string of the molecule is Oc1ccc2cc(C3(c4cccc5cc(O)ccc45)c4ccccc4-c4ccccc43)ccc2c1. The predicted octanol–water partition coefficient (Wildman–Crippen LogP) is 7.77. The van der Waals surface area contributed by atoms with Crippen LogP contribution in [0.3, 0.4) is 0 Å². The first-order valence-electron chi connectivity index (χ1n) is 11.8. The number of fused-ring (bicyclic) bond motifs is 5. The van der Waals surface area contributed by atoms with Crippen molar-refractivity contribution in [2.75, 3.05) is 0 Å². The van der Waals surface area contributed by atoms with Gasteiger partial charge in [-0.2, -0.15) is 0 Å². The Hall–Kier alpha value is -4.56. The predicted molar refractivity (Wildman–Crippen MR) is 142 cm³/mol. The Kier molecular flexibility index (Phi) is 4.10. The van der Waals surface area contributed by atoms with Crippen molar-refractivity contribution in [1.29, 1.82) is 0 Å². The summed E-state index contributed by atoms with van der Waals surface area (Å²) in [6.45, 7) is 0. The Bertz CT molecular complexity index is 1730. The zero-order valence-corrected chi connectivity index (χ0v) is 18.9. The molecule has 2 N–H and O–H groups in total. The van der Waals surface area contributed by atoms with E-state index >= 15 is 0 Å². The maximum absolute atomic E-state index is 10.2. The van der Waals surface area contributed by atoms with Crippen LogP contribution >= 0.6 is 0 Å². The molecule has 0 bridgehead atoms. The van der Waals surface area contributed by atoms with Crippen LogP contribution in [0, 0.1) is 0 Å². The molecule has 35 heavy (non-hydrogen) atoms. The molecule has 1 aliphatic rings. The second-order valence-corrected chi connectivity index (χ2v) is 9.30. The van der Waals surface area contributed by atoms with Gasteiger partial charge in [0.1, 0.15) is 11.5 Å². The summed E-state index contributed by atoms with van der Waals surface area (Å²) in [6.07, 6.45) is 0. The fraction of sp³-hybridized carbons (Fsp3) is 0.0303. The molecular formula is C33H22O2. The van der Waals surface area contributed by atoms with Gasteiger partial charge in [-0.1, -0.05) is 91.0 Å². The summed E-state index contributed by atoms with van der Waals surface area (Å²) in [5, 5.41) is 24.4. The van der Waals surface area contributed by atoms with E-state index in [1.807, 2.05) is 24.3 Å². The van der Waals surface area contributed by atoms with Crippen LogP contribution in [0.25, 0.3) is 32.7 Å². The van der Waals surface area contributed by atoms with Gasteiger partial charge in [-0.05, 0) is 85.3 Å². The van der Waals surface area contributed by atoms with Gasteiger partial charge in [0.2, 0.25) is 0 Å². The molecule has 7 rings (SSSR count). The number of hydrogen-bond acceptors (Lipinski definition) is 2. The molecule has 1 aliphatic carbocycles. The van der Waals surface area contributed by atoms with Crippen LogP contribution in [0.1, 0.15) is 22.3 Å². The largest absolute Gasteiger partial charge is 0.508 e. The second-order valence-electron chi connectivity index (χ2n) is 9.30. The molecule has 0 spiro atoms. The Labute approximate surface area is 203 Å². The van der Waals surface area contributed by atoms with Crippen molar-refractivity contribution in [3.8, 4) is 22.6 Å². The molecule has 0 saturated carbocycles. The number of rotatable bonds is 2. The lowest BCUT2D eigenvalue weighted by Crippen LogP contribution is -2.28. The maximum Gasteiger partial charge on any atom is 0.116 e. The molecule has 0 unspecified atom stereocenters. The van der Waals surface area contributed by atoms with E-state index in [0.717, 1.165) is 21.5 Å². The monoisotopic (exact) mass is 450 g/mol. The van der Waals surface area contributed by atoms with E-state index in [1.54, 1.807) is 12.1 Å². The van der Waals surface area contributed by atoms with Crippen LogP contribution < -0.4 is 0 Å². The van der Waals surface area contributed by atoms with Crippen molar-refractivity contribution in [2.24, 2.45) is 0 Å².